The highest BCUT2D eigenvalue weighted by Crippen LogP contribution is 2.23. The summed E-state index contributed by atoms with van der Waals surface area (Å²) < 4.78 is 6.42. The van der Waals surface area contributed by atoms with Crippen LogP contribution in [0.15, 0.2) is 48.5 Å². The Morgan fingerprint density at radius 3 is 2.55 bits per heavy atom. The number of methoxy groups -OCH3 is 1. The predicted octanol–water partition coefficient (Wildman–Crippen LogP) is 4.00. The van der Waals surface area contributed by atoms with E-state index >= 15 is 0 Å². The summed E-state index contributed by atoms with van der Waals surface area (Å²) in [4.78, 5) is 33.6. The molecule has 2 aromatic carbocycles. The van der Waals surface area contributed by atoms with Crippen LogP contribution in [0.2, 0.25) is 0 Å². The second-order valence-corrected chi connectivity index (χ2v) is 8.80. The molecular formula is C24H27N3O3S. The first kappa shape index (κ1) is 21.3. The minimum Gasteiger partial charge on any atom is -0.497 e. The summed E-state index contributed by atoms with van der Waals surface area (Å²) in [5.74, 6) is 0.838. The van der Waals surface area contributed by atoms with Crippen LogP contribution in [0.4, 0.5) is 0 Å². The molecule has 4 rings (SSSR count). The van der Waals surface area contributed by atoms with Crippen LogP contribution in [-0.4, -0.2) is 59.9 Å². The fourth-order valence-electron chi connectivity index (χ4n) is 3.84. The quantitative estimate of drug-likeness (QED) is 0.524. The summed E-state index contributed by atoms with van der Waals surface area (Å²) in [5, 5.41) is 1.14. The van der Waals surface area contributed by atoms with Crippen molar-refractivity contribution in [3.8, 4) is 5.75 Å². The Bertz CT molecular complexity index is 1020. The molecule has 7 heteroatoms. The molecule has 0 radical (unpaired) electrons. The van der Waals surface area contributed by atoms with Gasteiger partial charge in [-0.2, -0.15) is 0 Å². The number of fused-ring (bicyclic) bond motifs is 1. The van der Waals surface area contributed by atoms with Crippen LogP contribution in [0.3, 0.4) is 0 Å². The molecule has 0 aliphatic carbocycles. The molecule has 0 atom stereocenters. The van der Waals surface area contributed by atoms with E-state index in [9.17, 15) is 9.59 Å². The van der Waals surface area contributed by atoms with Gasteiger partial charge in [-0.15, -0.1) is 11.3 Å². The van der Waals surface area contributed by atoms with Gasteiger partial charge in [0.05, 0.1) is 22.3 Å². The third-order valence-corrected chi connectivity index (χ3v) is 6.70. The van der Waals surface area contributed by atoms with Crippen molar-refractivity contribution in [3.05, 3.63) is 59.1 Å². The fourth-order valence-corrected chi connectivity index (χ4v) is 4.84. The minimum absolute atomic E-state index is 0.0122. The molecule has 0 spiro atoms. The standard InChI is InChI=1S/C24H27N3O3S/c1-30-19-8-6-7-18(17-19)24(29)27-15-13-26(14-16-27)23(28)12-5-4-11-22-25-20-9-2-3-10-21(20)31-22/h2-3,6-10,17H,4-5,11-16H2,1H3. The van der Waals surface area contributed by atoms with Gasteiger partial charge in [-0.1, -0.05) is 18.2 Å². The number of unbranched alkanes of at least 4 members (excludes halogenated alkanes) is 1. The van der Waals surface area contributed by atoms with E-state index in [4.69, 9.17) is 4.74 Å². The maximum absolute atomic E-state index is 12.7. The normalized spacial score (nSPS) is 14.1. The average molecular weight is 438 g/mol. The van der Waals surface area contributed by atoms with Gasteiger partial charge in [0.2, 0.25) is 5.91 Å². The van der Waals surface area contributed by atoms with Crippen LogP contribution in [-0.2, 0) is 11.2 Å². The number of benzene rings is 2. The predicted molar refractivity (Wildman–Crippen MR) is 123 cm³/mol. The molecule has 0 N–H and O–H groups in total. The zero-order valence-corrected chi connectivity index (χ0v) is 18.6. The molecule has 3 aromatic rings. The summed E-state index contributed by atoms with van der Waals surface area (Å²) in [6, 6.07) is 15.4. The molecule has 1 aliphatic heterocycles. The van der Waals surface area contributed by atoms with Crippen molar-refractivity contribution in [3.63, 3.8) is 0 Å². The molecule has 1 aliphatic rings. The van der Waals surface area contributed by atoms with E-state index in [1.165, 1.54) is 4.70 Å². The maximum Gasteiger partial charge on any atom is 0.254 e. The first-order valence-corrected chi connectivity index (χ1v) is 11.5. The third kappa shape index (κ3) is 5.22. The molecule has 0 unspecified atom stereocenters. The summed E-state index contributed by atoms with van der Waals surface area (Å²) in [5.41, 5.74) is 1.67. The Labute approximate surface area is 186 Å². The zero-order chi connectivity index (χ0) is 21.6. The van der Waals surface area contributed by atoms with Gasteiger partial charge in [-0.05, 0) is 49.6 Å². The number of piperazine rings is 1. The zero-order valence-electron chi connectivity index (χ0n) is 17.8. The summed E-state index contributed by atoms with van der Waals surface area (Å²) >= 11 is 1.74. The van der Waals surface area contributed by atoms with Gasteiger partial charge in [0.1, 0.15) is 5.75 Å². The van der Waals surface area contributed by atoms with E-state index in [0.29, 0.717) is 43.9 Å². The molecule has 162 valence electrons. The Hall–Kier alpha value is -2.93. The van der Waals surface area contributed by atoms with Crippen molar-refractivity contribution in [2.24, 2.45) is 0 Å². The summed E-state index contributed by atoms with van der Waals surface area (Å²) in [6.07, 6.45) is 3.28. The minimum atomic E-state index is -0.0122. The van der Waals surface area contributed by atoms with Gasteiger partial charge in [0, 0.05) is 38.2 Å². The molecule has 31 heavy (non-hydrogen) atoms. The number of aromatic nitrogens is 1. The highest BCUT2D eigenvalue weighted by atomic mass is 32.1. The van der Waals surface area contributed by atoms with Crippen LogP contribution in [0.25, 0.3) is 10.2 Å². The van der Waals surface area contributed by atoms with Gasteiger partial charge in [-0.3, -0.25) is 9.59 Å². The molecule has 0 saturated carbocycles. The van der Waals surface area contributed by atoms with E-state index in [1.54, 1.807) is 30.6 Å². The lowest BCUT2D eigenvalue weighted by atomic mass is 10.1. The highest BCUT2D eigenvalue weighted by molar-refractivity contribution is 7.18. The van der Waals surface area contributed by atoms with Crippen LogP contribution < -0.4 is 4.74 Å². The number of aryl methyl sites for hydroxylation is 1. The number of carbonyl (C=O) groups excluding carboxylic acids is 2. The molecule has 2 heterocycles. The number of para-hydroxylation sites is 1. The number of thiazole rings is 1. The number of ether oxygens (including phenoxy) is 1. The topological polar surface area (TPSA) is 62.7 Å². The molecular weight excluding hydrogens is 410 g/mol. The van der Waals surface area contributed by atoms with Crippen LogP contribution in [0.5, 0.6) is 5.75 Å². The maximum atomic E-state index is 12.7. The van der Waals surface area contributed by atoms with E-state index in [2.05, 4.69) is 11.1 Å². The number of hydrogen-bond donors (Lipinski definition) is 0. The largest absolute Gasteiger partial charge is 0.497 e. The first-order valence-electron chi connectivity index (χ1n) is 10.7. The van der Waals surface area contributed by atoms with E-state index in [1.807, 2.05) is 40.1 Å². The van der Waals surface area contributed by atoms with Crippen molar-refractivity contribution < 1.29 is 14.3 Å². The van der Waals surface area contributed by atoms with E-state index in [-0.39, 0.29) is 11.8 Å². The summed E-state index contributed by atoms with van der Waals surface area (Å²) in [6.45, 7) is 2.31. The Morgan fingerprint density at radius 1 is 1.00 bits per heavy atom. The number of amides is 2. The van der Waals surface area contributed by atoms with Crippen LogP contribution in [0.1, 0.15) is 34.6 Å². The average Bonchev–Trinajstić information content (AvgIpc) is 3.24. The Balaban J connectivity index is 1.19. The lowest BCUT2D eigenvalue weighted by molar-refractivity contribution is -0.132. The lowest BCUT2D eigenvalue weighted by Gasteiger charge is -2.35. The van der Waals surface area contributed by atoms with Crippen LogP contribution in [0, 0.1) is 0 Å². The van der Waals surface area contributed by atoms with Crippen molar-refractivity contribution in [2.45, 2.75) is 25.7 Å². The van der Waals surface area contributed by atoms with Gasteiger partial charge in [-0.25, -0.2) is 4.98 Å². The molecule has 0 bridgehead atoms. The smallest absolute Gasteiger partial charge is 0.254 e. The van der Waals surface area contributed by atoms with Crippen molar-refractivity contribution in [2.75, 3.05) is 33.3 Å². The molecule has 1 fully saturated rings. The SMILES string of the molecule is COc1cccc(C(=O)N2CCN(C(=O)CCCCc3nc4ccccc4s3)CC2)c1. The van der Waals surface area contributed by atoms with Crippen LogP contribution >= 0.6 is 11.3 Å². The monoisotopic (exact) mass is 437 g/mol. The number of hydrogen-bond acceptors (Lipinski definition) is 5. The van der Waals surface area contributed by atoms with E-state index in [0.717, 1.165) is 29.8 Å². The molecule has 6 nitrogen and oxygen atoms in total. The molecule has 2 amide bonds. The third-order valence-electron chi connectivity index (χ3n) is 5.61. The Morgan fingerprint density at radius 2 is 1.77 bits per heavy atom. The summed E-state index contributed by atoms with van der Waals surface area (Å²) in [7, 11) is 1.59. The second-order valence-electron chi connectivity index (χ2n) is 7.69. The van der Waals surface area contributed by atoms with Gasteiger partial charge in [0.15, 0.2) is 0 Å². The van der Waals surface area contributed by atoms with Crippen molar-refractivity contribution in [1.29, 1.82) is 0 Å². The van der Waals surface area contributed by atoms with Crippen molar-refractivity contribution in [1.82, 2.24) is 14.8 Å². The van der Waals surface area contributed by atoms with Gasteiger partial charge in [0.25, 0.3) is 5.91 Å². The first-order chi connectivity index (χ1) is 15.1. The van der Waals surface area contributed by atoms with E-state index < -0.39 is 0 Å². The highest BCUT2D eigenvalue weighted by Gasteiger charge is 2.24. The van der Waals surface area contributed by atoms with Gasteiger partial charge < -0.3 is 14.5 Å². The number of nitrogens with zero attached hydrogens (tertiary/aromatic N) is 3. The van der Waals surface area contributed by atoms with Crippen molar-refractivity contribution >= 4 is 33.4 Å². The Kier molecular flexibility index (Phi) is 6.82. The number of rotatable bonds is 7. The fraction of sp³-hybridized carbons (Fsp3) is 0.375. The number of carbonyl (C=O) groups is 2. The molecule has 1 saturated heterocycles. The lowest BCUT2D eigenvalue weighted by Crippen LogP contribution is -2.50. The van der Waals surface area contributed by atoms with Gasteiger partial charge >= 0.3 is 0 Å². The molecule has 1 aromatic heterocycles. The second kappa shape index (κ2) is 9.92.